The van der Waals surface area contributed by atoms with Crippen molar-refractivity contribution in [1.82, 2.24) is 14.5 Å². The fourth-order valence-electron chi connectivity index (χ4n) is 3.35. The number of aromatic nitrogens is 2. The molecule has 1 saturated carbocycles. The number of nitrogens with one attached hydrogen (secondary N) is 1. The van der Waals surface area contributed by atoms with Crippen LogP contribution in [0.4, 0.5) is 0 Å². The first-order valence-corrected chi connectivity index (χ1v) is 8.87. The molecule has 3 N–H and O–H groups in total. The molecular weight excluding hydrogens is 292 g/mol. The minimum atomic E-state index is -3.62. The van der Waals surface area contributed by atoms with Gasteiger partial charge in [0.05, 0.1) is 18.8 Å². The molecule has 1 aliphatic carbocycles. The van der Waals surface area contributed by atoms with Gasteiger partial charge >= 0.3 is 0 Å². The van der Waals surface area contributed by atoms with Gasteiger partial charge in [-0.15, -0.1) is 0 Å². The van der Waals surface area contributed by atoms with Crippen molar-refractivity contribution in [1.29, 1.82) is 0 Å². The average Bonchev–Trinajstić information content (AvgIpc) is 2.88. The van der Waals surface area contributed by atoms with E-state index in [1.54, 1.807) is 11.2 Å². The lowest BCUT2D eigenvalue weighted by Gasteiger charge is -2.42. The predicted molar refractivity (Wildman–Crippen MR) is 77.1 cm³/mol. The van der Waals surface area contributed by atoms with Crippen molar-refractivity contribution < 1.29 is 13.2 Å². The number of ether oxygens (including phenoxy) is 1. The Morgan fingerprint density at radius 3 is 2.95 bits per heavy atom. The number of aryl methyl sites for hydroxylation is 1. The second kappa shape index (κ2) is 5.68. The summed E-state index contributed by atoms with van der Waals surface area (Å²) in [6.45, 7) is 2.79. The van der Waals surface area contributed by atoms with Crippen LogP contribution in [0.1, 0.15) is 36.9 Å². The fraction of sp³-hybridized carbons (Fsp3) is 0.769. The standard InChI is InChI=1S/C13H22N4O3S/c1-9-10(8-14)13(16-15-9)21(18,19)17-6-7-20-12-5-3-2-4-11(12)17/h11-12H,2-8,14H2,1H3,(H,15,16). The Kier molecular flexibility index (Phi) is 4.04. The van der Waals surface area contributed by atoms with Gasteiger partial charge in [0, 0.05) is 24.3 Å². The minimum Gasteiger partial charge on any atom is -0.375 e. The number of nitrogens with two attached hydrogens (primary N) is 1. The highest BCUT2D eigenvalue weighted by atomic mass is 32.2. The molecule has 0 amide bonds. The normalized spacial score (nSPS) is 27.5. The number of sulfonamides is 1. The number of morpholine rings is 1. The second-order valence-electron chi connectivity index (χ2n) is 5.71. The SMILES string of the molecule is Cc1[nH]nc(S(=O)(=O)N2CCOC3CCCCC32)c1CN. The number of aromatic amines is 1. The van der Waals surface area contributed by atoms with E-state index in [9.17, 15) is 8.42 Å². The van der Waals surface area contributed by atoms with E-state index in [0.29, 0.717) is 24.4 Å². The Morgan fingerprint density at radius 1 is 1.43 bits per heavy atom. The van der Waals surface area contributed by atoms with E-state index in [2.05, 4.69) is 10.2 Å². The monoisotopic (exact) mass is 314 g/mol. The van der Waals surface area contributed by atoms with Gasteiger partial charge in [-0.05, 0) is 19.8 Å². The Morgan fingerprint density at radius 2 is 2.19 bits per heavy atom. The molecule has 7 nitrogen and oxygen atoms in total. The number of hydrogen-bond donors (Lipinski definition) is 2. The first kappa shape index (κ1) is 15.0. The van der Waals surface area contributed by atoms with E-state index in [4.69, 9.17) is 10.5 Å². The van der Waals surface area contributed by atoms with Crippen molar-refractivity contribution >= 4 is 10.0 Å². The molecule has 1 aromatic heterocycles. The van der Waals surface area contributed by atoms with Gasteiger partial charge in [0.25, 0.3) is 10.0 Å². The number of hydrogen-bond acceptors (Lipinski definition) is 5. The molecule has 0 spiro atoms. The lowest BCUT2D eigenvalue weighted by atomic mass is 9.91. The lowest BCUT2D eigenvalue weighted by molar-refractivity contribution is -0.0586. The summed E-state index contributed by atoms with van der Waals surface area (Å²) in [7, 11) is -3.62. The van der Waals surface area contributed by atoms with E-state index in [1.807, 2.05) is 0 Å². The highest BCUT2D eigenvalue weighted by molar-refractivity contribution is 7.89. The minimum absolute atomic E-state index is 0.0173. The third-order valence-corrected chi connectivity index (χ3v) is 6.37. The molecule has 0 bridgehead atoms. The Balaban J connectivity index is 1.96. The number of fused-ring (bicyclic) bond motifs is 1. The summed E-state index contributed by atoms with van der Waals surface area (Å²) in [5.74, 6) is 0. The molecular formula is C13H22N4O3S. The number of H-pyrrole nitrogens is 1. The van der Waals surface area contributed by atoms with Gasteiger partial charge in [-0.3, -0.25) is 5.10 Å². The number of rotatable bonds is 3. The topological polar surface area (TPSA) is 101 Å². The molecule has 1 saturated heterocycles. The summed E-state index contributed by atoms with van der Waals surface area (Å²) in [5, 5.41) is 6.81. The Labute approximate surface area is 124 Å². The third kappa shape index (κ3) is 2.50. The molecule has 21 heavy (non-hydrogen) atoms. The molecule has 2 aliphatic rings. The maximum atomic E-state index is 13.0. The van der Waals surface area contributed by atoms with E-state index < -0.39 is 10.0 Å². The smallest absolute Gasteiger partial charge is 0.263 e. The zero-order valence-electron chi connectivity index (χ0n) is 12.2. The first-order chi connectivity index (χ1) is 10.1. The molecule has 2 unspecified atom stereocenters. The van der Waals surface area contributed by atoms with Crippen LogP contribution in [0, 0.1) is 6.92 Å². The van der Waals surface area contributed by atoms with Crippen molar-refractivity contribution in [3.8, 4) is 0 Å². The van der Waals surface area contributed by atoms with Crippen LogP contribution in [0.2, 0.25) is 0 Å². The van der Waals surface area contributed by atoms with Crippen molar-refractivity contribution in [2.75, 3.05) is 13.2 Å². The van der Waals surface area contributed by atoms with Crippen LogP contribution in [0.15, 0.2) is 5.03 Å². The molecule has 8 heteroatoms. The van der Waals surface area contributed by atoms with Gasteiger partial charge in [-0.1, -0.05) is 12.8 Å². The van der Waals surface area contributed by atoms with Crippen molar-refractivity contribution in [2.45, 2.75) is 56.3 Å². The van der Waals surface area contributed by atoms with Crippen LogP contribution in [0.25, 0.3) is 0 Å². The van der Waals surface area contributed by atoms with Crippen LogP contribution in [0.5, 0.6) is 0 Å². The van der Waals surface area contributed by atoms with Gasteiger partial charge < -0.3 is 10.5 Å². The summed E-state index contributed by atoms with van der Waals surface area (Å²) in [6, 6.07) is -0.0693. The summed E-state index contributed by atoms with van der Waals surface area (Å²) >= 11 is 0. The molecule has 0 aromatic carbocycles. The molecule has 3 rings (SSSR count). The molecule has 1 aromatic rings. The van der Waals surface area contributed by atoms with E-state index in [-0.39, 0.29) is 23.7 Å². The first-order valence-electron chi connectivity index (χ1n) is 7.43. The van der Waals surface area contributed by atoms with Crippen LogP contribution in [0.3, 0.4) is 0 Å². The van der Waals surface area contributed by atoms with Crippen molar-refractivity contribution in [3.05, 3.63) is 11.3 Å². The van der Waals surface area contributed by atoms with Crippen LogP contribution >= 0.6 is 0 Å². The quantitative estimate of drug-likeness (QED) is 0.846. The van der Waals surface area contributed by atoms with E-state index in [0.717, 1.165) is 25.7 Å². The van der Waals surface area contributed by atoms with E-state index >= 15 is 0 Å². The largest absolute Gasteiger partial charge is 0.375 e. The molecule has 2 heterocycles. The zero-order valence-corrected chi connectivity index (χ0v) is 13.0. The molecule has 2 fully saturated rings. The summed E-state index contributed by atoms with van der Waals surface area (Å²) < 4.78 is 33.3. The van der Waals surface area contributed by atoms with Gasteiger partial charge in [0.2, 0.25) is 0 Å². The zero-order chi connectivity index (χ0) is 15.0. The van der Waals surface area contributed by atoms with Gasteiger partial charge in [0.15, 0.2) is 5.03 Å². The summed E-state index contributed by atoms with van der Waals surface area (Å²) in [6.07, 6.45) is 3.94. The van der Waals surface area contributed by atoms with Crippen LogP contribution in [-0.4, -0.2) is 48.2 Å². The van der Waals surface area contributed by atoms with Gasteiger partial charge in [0.1, 0.15) is 0 Å². The average molecular weight is 314 g/mol. The Hall–Kier alpha value is -0.960. The second-order valence-corrected chi connectivity index (χ2v) is 7.52. The predicted octanol–water partition coefficient (Wildman–Crippen LogP) is 0.509. The highest BCUT2D eigenvalue weighted by Gasteiger charge is 2.42. The Bertz CT molecular complexity index is 611. The summed E-state index contributed by atoms with van der Waals surface area (Å²) in [4.78, 5) is 0. The lowest BCUT2D eigenvalue weighted by Crippen LogP contribution is -2.54. The highest BCUT2D eigenvalue weighted by Crippen LogP contribution is 2.32. The molecule has 0 radical (unpaired) electrons. The molecule has 1 aliphatic heterocycles. The maximum absolute atomic E-state index is 13.0. The van der Waals surface area contributed by atoms with Gasteiger partial charge in [-0.2, -0.15) is 9.40 Å². The van der Waals surface area contributed by atoms with Crippen LogP contribution < -0.4 is 5.73 Å². The van der Waals surface area contributed by atoms with Crippen molar-refractivity contribution in [2.24, 2.45) is 5.73 Å². The fourth-order valence-corrected chi connectivity index (χ4v) is 5.20. The molecule has 2 atom stereocenters. The van der Waals surface area contributed by atoms with Gasteiger partial charge in [-0.25, -0.2) is 8.42 Å². The van der Waals surface area contributed by atoms with Crippen molar-refractivity contribution in [3.63, 3.8) is 0 Å². The van der Waals surface area contributed by atoms with Crippen LogP contribution in [-0.2, 0) is 21.3 Å². The third-order valence-electron chi connectivity index (χ3n) is 4.47. The molecule has 118 valence electrons. The summed E-state index contributed by atoms with van der Waals surface area (Å²) in [5.41, 5.74) is 6.98. The number of nitrogens with zero attached hydrogens (tertiary/aromatic N) is 2. The van der Waals surface area contributed by atoms with E-state index in [1.165, 1.54) is 0 Å². The maximum Gasteiger partial charge on any atom is 0.263 e.